The quantitative estimate of drug-likeness (QED) is 0.196. The van der Waals surface area contributed by atoms with E-state index in [0.29, 0.717) is 5.56 Å². The average molecular weight is 414 g/mol. The second kappa shape index (κ2) is 10.3. The minimum Gasteiger partial charge on any atom is -0.493 e. The van der Waals surface area contributed by atoms with Crippen LogP contribution in [0.4, 0.5) is 5.69 Å². The van der Waals surface area contributed by atoms with E-state index in [0.717, 1.165) is 12.3 Å². The first-order valence-electron chi connectivity index (χ1n) is 8.35. The largest absolute Gasteiger partial charge is 0.493 e. The number of nitro groups is 1. The number of nitrogens with zero attached hydrogens (tertiary/aromatic N) is 2. The summed E-state index contributed by atoms with van der Waals surface area (Å²) in [7, 11) is 2.74. The van der Waals surface area contributed by atoms with Crippen molar-refractivity contribution in [1.82, 2.24) is 10.9 Å². The maximum Gasteiger partial charge on any atom is 0.282 e. The van der Waals surface area contributed by atoms with E-state index < -0.39 is 16.7 Å². The molecule has 156 valence electrons. The summed E-state index contributed by atoms with van der Waals surface area (Å²) >= 11 is 0. The van der Waals surface area contributed by atoms with Gasteiger partial charge in [0.2, 0.25) is 0 Å². The summed E-state index contributed by atoms with van der Waals surface area (Å²) in [4.78, 5) is 34.0. The highest BCUT2D eigenvalue weighted by Gasteiger charge is 2.18. The van der Waals surface area contributed by atoms with Crippen LogP contribution in [0.3, 0.4) is 0 Å². The Hall–Kier alpha value is -4.25. The topological polar surface area (TPSA) is 152 Å². The molecule has 2 aromatic rings. The second-order valence-corrected chi connectivity index (χ2v) is 5.66. The fourth-order valence-electron chi connectivity index (χ4n) is 2.36. The molecule has 3 N–H and O–H groups in total. The summed E-state index contributed by atoms with van der Waals surface area (Å²) in [6, 6.07) is 8.81. The Kier molecular flexibility index (Phi) is 7.60. The van der Waals surface area contributed by atoms with Crippen molar-refractivity contribution in [3.8, 4) is 11.5 Å². The van der Waals surface area contributed by atoms with E-state index in [1.54, 1.807) is 12.1 Å². The number of hydrogen-bond acceptors (Lipinski definition) is 8. The number of amides is 2. The van der Waals surface area contributed by atoms with Gasteiger partial charge in [-0.15, -0.1) is 0 Å². The van der Waals surface area contributed by atoms with Gasteiger partial charge in [-0.1, -0.05) is 12.1 Å². The minimum atomic E-state index is -0.717. The lowest BCUT2D eigenvalue weighted by molar-refractivity contribution is -0.385. The molecule has 0 bridgehead atoms. The predicted octanol–water partition coefficient (Wildman–Crippen LogP) is 1.89. The molecule has 0 saturated carbocycles. The third-order valence-corrected chi connectivity index (χ3v) is 3.79. The maximum atomic E-state index is 12.3. The summed E-state index contributed by atoms with van der Waals surface area (Å²) in [5, 5.41) is 23.5. The molecule has 0 fully saturated rings. The number of hydrogen-bond donors (Lipinski definition) is 3. The van der Waals surface area contributed by atoms with Crippen molar-refractivity contribution in [3.63, 3.8) is 0 Å². The molecule has 0 heterocycles. The number of hydroxylamine groups is 1. The summed E-state index contributed by atoms with van der Waals surface area (Å²) in [6.45, 7) is 0. The maximum absolute atomic E-state index is 12.3. The van der Waals surface area contributed by atoms with Gasteiger partial charge in [-0.25, -0.2) is 10.9 Å². The lowest BCUT2D eigenvalue weighted by Crippen LogP contribution is -2.17. The summed E-state index contributed by atoms with van der Waals surface area (Å²) in [5.41, 5.74) is 4.32. The van der Waals surface area contributed by atoms with Crippen molar-refractivity contribution in [2.75, 3.05) is 14.2 Å². The van der Waals surface area contributed by atoms with Crippen molar-refractivity contribution < 1.29 is 29.2 Å². The van der Waals surface area contributed by atoms with Crippen molar-refractivity contribution in [2.24, 2.45) is 5.10 Å². The molecule has 0 spiro atoms. The van der Waals surface area contributed by atoms with Crippen LogP contribution in [-0.4, -0.2) is 42.4 Å². The molecule has 30 heavy (non-hydrogen) atoms. The first kappa shape index (κ1) is 22.0. The Morgan fingerprint density at radius 2 is 1.87 bits per heavy atom. The van der Waals surface area contributed by atoms with E-state index >= 15 is 0 Å². The SMILES string of the molecule is COc1cc(C=NNC(=O)c2cccc(C=CC(=O)NO)c2)c([N+](=O)[O-])cc1OC. The third-order valence-electron chi connectivity index (χ3n) is 3.79. The van der Waals surface area contributed by atoms with Gasteiger partial charge in [0.05, 0.1) is 37.0 Å². The van der Waals surface area contributed by atoms with Gasteiger partial charge in [0, 0.05) is 11.6 Å². The van der Waals surface area contributed by atoms with Crippen LogP contribution in [0.5, 0.6) is 11.5 Å². The van der Waals surface area contributed by atoms with Crippen molar-refractivity contribution in [1.29, 1.82) is 0 Å². The molecule has 0 saturated heterocycles. The molecule has 0 aliphatic heterocycles. The molecule has 2 rings (SSSR count). The van der Waals surface area contributed by atoms with Gasteiger partial charge in [0.25, 0.3) is 17.5 Å². The minimum absolute atomic E-state index is 0.102. The molecule has 0 unspecified atom stereocenters. The van der Waals surface area contributed by atoms with Crippen LogP contribution in [0.25, 0.3) is 6.08 Å². The number of carbonyl (C=O) groups excluding carboxylic acids is 2. The molecule has 11 nitrogen and oxygen atoms in total. The molecule has 0 aliphatic carbocycles. The normalized spacial score (nSPS) is 10.8. The van der Waals surface area contributed by atoms with E-state index in [2.05, 4.69) is 10.5 Å². The number of carbonyl (C=O) groups is 2. The highest BCUT2D eigenvalue weighted by atomic mass is 16.6. The molecule has 0 atom stereocenters. The van der Waals surface area contributed by atoms with Gasteiger partial charge in [-0.3, -0.25) is 24.9 Å². The Morgan fingerprint density at radius 3 is 2.50 bits per heavy atom. The van der Waals surface area contributed by atoms with Crippen LogP contribution in [0, 0.1) is 10.1 Å². The Balaban J connectivity index is 2.19. The van der Waals surface area contributed by atoms with Crippen LogP contribution in [0.15, 0.2) is 47.6 Å². The van der Waals surface area contributed by atoms with Crippen LogP contribution < -0.4 is 20.4 Å². The Labute approximate surface area is 170 Å². The highest BCUT2D eigenvalue weighted by molar-refractivity contribution is 5.96. The number of methoxy groups -OCH3 is 2. The first-order chi connectivity index (χ1) is 14.4. The molecule has 2 amide bonds. The zero-order valence-electron chi connectivity index (χ0n) is 16.0. The zero-order chi connectivity index (χ0) is 22.1. The van der Waals surface area contributed by atoms with E-state index in [1.807, 2.05) is 0 Å². The lowest BCUT2D eigenvalue weighted by Gasteiger charge is -2.08. The summed E-state index contributed by atoms with van der Waals surface area (Å²) in [5.74, 6) is -0.838. The number of hydrazone groups is 1. The molecule has 11 heteroatoms. The van der Waals surface area contributed by atoms with Crippen LogP contribution >= 0.6 is 0 Å². The molecular weight excluding hydrogens is 396 g/mol. The predicted molar refractivity (Wildman–Crippen MR) is 107 cm³/mol. The molecule has 0 aromatic heterocycles. The molecule has 0 radical (unpaired) electrons. The van der Waals surface area contributed by atoms with Gasteiger partial charge < -0.3 is 9.47 Å². The lowest BCUT2D eigenvalue weighted by atomic mass is 10.1. The van der Waals surface area contributed by atoms with Crippen molar-refractivity contribution >= 4 is 29.8 Å². The fourth-order valence-corrected chi connectivity index (χ4v) is 2.36. The Bertz CT molecular complexity index is 1020. The molecule has 0 aliphatic rings. The number of rotatable bonds is 8. The van der Waals surface area contributed by atoms with Gasteiger partial charge in [-0.2, -0.15) is 5.10 Å². The van der Waals surface area contributed by atoms with E-state index in [9.17, 15) is 19.7 Å². The van der Waals surface area contributed by atoms with Crippen LogP contribution in [-0.2, 0) is 4.79 Å². The van der Waals surface area contributed by atoms with Gasteiger partial charge in [0.15, 0.2) is 11.5 Å². The number of benzene rings is 2. The third kappa shape index (κ3) is 5.62. The van der Waals surface area contributed by atoms with Crippen molar-refractivity contribution in [2.45, 2.75) is 0 Å². The standard InChI is InChI=1S/C19H18N4O7/c1-29-16-9-14(15(23(27)28)10-17(16)30-2)11-20-21-19(25)13-5-3-4-12(8-13)6-7-18(24)22-26/h3-11,26H,1-2H3,(H,21,25)(H,22,24). The van der Waals surface area contributed by atoms with Gasteiger partial charge >= 0.3 is 0 Å². The Morgan fingerprint density at radius 1 is 1.17 bits per heavy atom. The van der Waals surface area contributed by atoms with E-state index in [-0.39, 0.29) is 28.3 Å². The van der Waals surface area contributed by atoms with E-state index in [1.165, 1.54) is 50.0 Å². The number of nitro benzene ring substituents is 1. The highest BCUT2D eigenvalue weighted by Crippen LogP contribution is 2.33. The fraction of sp³-hybridized carbons (Fsp3) is 0.105. The second-order valence-electron chi connectivity index (χ2n) is 5.66. The summed E-state index contributed by atoms with van der Waals surface area (Å²) < 4.78 is 10.2. The number of ether oxygens (including phenoxy) is 2. The van der Waals surface area contributed by atoms with Crippen LogP contribution in [0.1, 0.15) is 21.5 Å². The van der Waals surface area contributed by atoms with Gasteiger partial charge in [0.1, 0.15) is 0 Å². The zero-order valence-corrected chi connectivity index (χ0v) is 16.0. The van der Waals surface area contributed by atoms with E-state index in [4.69, 9.17) is 14.7 Å². The van der Waals surface area contributed by atoms with Crippen molar-refractivity contribution in [3.05, 3.63) is 69.3 Å². The molecular formula is C19H18N4O7. The average Bonchev–Trinajstić information content (AvgIpc) is 2.76. The van der Waals surface area contributed by atoms with Crippen LogP contribution in [0.2, 0.25) is 0 Å². The smallest absolute Gasteiger partial charge is 0.282 e. The first-order valence-corrected chi connectivity index (χ1v) is 8.35. The van der Waals surface area contributed by atoms with Gasteiger partial charge in [-0.05, 0) is 29.8 Å². The number of nitrogens with one attached hydrogen (secondary N) is 2. The monoisotopic (exact) mass is 414 g/mol. The summed E-state index contributed by atoms with van der Waals surface area (Å²) in [6.07, 6.45) is 3.61. The molecule has 2 aromatic carbocycles.